The molecule has 1 aromatic heterocycles. The minimum atomic E-state index is -3.20. The molecule has 1 aliphatic heterocycles. The molecule has 1 aliphatic rings. The molecule has 0 aliphatic carbocycles. The predicted molar refractivity (Wildman–Crippen MR) is 130 cm³/mol. The Bertz CT molecular complexity index is 1400. The fraction of sp³-hybridized carbons (Fsp3) is 0.308. The van der Waals surface area contributed by atoms with Crippen molar-refractivity contribution in [2.24, 2.45) is 5.92 Å². The molecule has 1 atom stereocenters. The lowest BCUT2D eigenvalue weighted by atomic mass is 9.93. The lowest BCUT2D eigenvalue weighted by Crippen LogP contribution is -2.41. The first-order chi connectivity index (χ1) is 17.1. The van der Waals surface area contributed by atoms with Gasteiger partial charge in [0.2, 0.25) is 10.0 Å². The van der Waals surface area contributed by atoms with E-state index in [1.54, 1.807) is 24.3 Å². The largest absolute Gasteiger partial charge is 0.489 e. The van der Waals surface area contributed by atoms with Crippen molar-refractivity contribution in [1.82, 2.24) is 9.29 Å². The van der Waals surface area contributed by atoms with Gasteiger partial charge in [-0.15, -0.1) is 0 Å². The summed E-state index contributed by atoms with van der Waals surface area (Å²) in [5, 5.41) is 9.66. The summed E-state index contributed by atoms with van der Waals surface area (Å²) in [6, 6.07) is 12.2. The summed E-state index contributed by atoms with van der Waals surface area (Å²) >= 11 is 0. The van der Waals surface area contributed by atoms with E-state index in [-0.39, 0.29) is 17.6 Å². The number of sulfonamides is 1. The number of nitriles is 1. The van der Waals surface area contributed by atoms with Gasteiger partial charge >= 0.3 is 0 Å². The Hall–Kier alpha value is -3.55. The van der Waals surface area contributed by atoms with Gasteiger partial charge in [-0.05, 0) is 61.6 Å². The molecule has 2 heterocycles. The number of benzene rings is 2. The topological polar surface area (TPSA) is 92.5 Å². The molecule has 0 saturated carbocycles. The zero-order valence-electron chi connectivity index (χ0n) is 19.8. The second kappa shape index (κ2) is 10.6. The molecule has 188 valence electrons. The molecular weight excluding hydrogens is 488 g/mol. The number of rotatable bonds is 7. The maximum absolute atomic E-state index is 13.6. The smallest absolute Gasteiger partial charge is 0.211 e. The van der Waals surface area contributed by atoms with Gasteiger partial charge in [0.15, 0.2) is 11.6 Å². The molecule has 0 spiro atoms. The average Bonchev–Trinajstić information content (AvgIpc) is 2.86. The summed E-state index contributed by atoms with van der Waals surface area (Å²) in [4.78, 5) is 4.11. The third kappa shape index (κ3) is 5.98. The van der Waals surface area contributed by atoms with Gasteiger partial charge in [-0.3, -0.25) is 4.98 Å². The number of halogens is 2. The number of ether oxygens (including phenoxy) is 2. The van der Waals surface area contributed by atoms with Crippen molar-refractivity contribution < 1.29 is 26.7 Å². The summed E-state index contributed by atoms with van der Waals surface area (Å²) < 4.78 is 63.7. The van der Waals surface area contributed by atoms with Crippen LogP contribution in [0.1, 0.15) is 25.3 Å². The highest BCUT2D eigenvalue weighted by Gasteiger charge is 2.29. The molecule has 4 rings (SSSR count). The molecule has 0 bridgehead atoms. The van der Waals surface area contributed by atoms with Crippen molar-refractivity contribution in [3.05, 3.63) is 72.1 Å². The van der Waals surface area contributed by atoms with Crippen LogP contribution in [0.2, 0.25) is 0 Å². The molecule has 10 heteroatoms. The van der Waals surface area contributed by atoms with Gasteiger partial charge in [0.25, 0.3) is 0 Å². The van der Waals surface area contributed by atoms with Crippen LogP contribution >= 0.6 is 0 Å². The number of hydrogen-bond donors (Lipinski definition) is 0. The highest BCUT2D eigenvalue weighted by Crippen LogP contribution is 2.32. The van der Waals surface area contributed by atoms with E-state index in [0.29, 0.717) is 54.3 Å². The Labute approximate surface area is 209 Å². The van der Waals surface area contributed by atoms with Crippen molar-refractivity contribution in [2.45, 2.75) is 25.9 Å². The van der Waals surface area contributed by atoms with Gasteiger partial charge in [-0.1, -0.05) is 6.07 Å². The third-order valence-corrected chi connectivity index (χ3v) is 7.52. The van der Waals surface area contributed by atoms with E-state index in [9.17, 15) is 22.5 Å². The van der Waals surface area contributed by atoms with E-state index >= 15 is 0 Å². The second-order valence-electron chi connectivity index (χ2n) is 8.73. The van der Waals surface area contributed by atoms with E-state index in [1.165, 1.54) is 29.0 Å². The van der Waals surface area contributed by atoms with Crippen LogP contribution < -0.4 is 9.47 Å². The predicted octanol–water partition coefficient (Wildman–Crippen LogP) is 5.13. The molecule has 1 fully saturated rings. The number of pyridine rings is 1. The molecule has 1 saturated heterocycles. The third-order valence-electron chi connectivity index (χ3n) is 6.22. The van der Waals surface area contributed by atoms with Crippen LogP contribution in [-0.4, -0.2) is 43.2 Å². The molecule has 0 radical (unpaired) electrons. The minimum absolute atomic E-state index is 0.163. The van der Waals surface area contributed by atoms with E-state index in [4.69, 9.17) is 9.47 Å². The first-order valence-corrected chi connectivity index (χ1v) is 13.2. The van der Waals surface area contributed by atoms with E-state index < -0.39 is 21.7 Å². The van der Waals surface area contributed by atoms with Gasteiger partial charge < -0.3 is 9.47 Å². The Morgan fingerprint density at radius 3 is 2.44 bits per heavy atom. The standard InChI is InChI=1S/C26H25F2N3O4S/c1-17(18-7-9-31(10-8-18)36(2,32)33)34-26-6-4-22(11-20(26)14-29)35-23-12-21(15-30-16-23)19-3-5-24(27)25(28)13-19/h3-6,11-13,15-18H,7-10H2,1-2H3. The van der Waals surface area contributed by atoms with E-state index in [2.05, 4.69) is 11.1 Å². The molecule has 7 nitrogen and oxygen atoms in total. The highest BCUT2D eigenvalue weighted by molar-refractivity contribution is 7.88. The maximum Gasteiger partial charge on any atom is 0.211 e. The van der Waals surface area contributed by atoms with Gasteiger partial charge in [-0.2, -0.15) is 5.26 Å². The summed E-state index contributed by atoms with van der Waals surface area (Å²) in [5.41, 5.74) is 1.28. The van der Waals surface area contributed by atoms with Crippen molar-refractivity contribution in [3.63, 3.8) is 0 Å². The summed E-state index contributed by atoms with van der Waals surface area (Å²) in [5.74, 6) is -0.562. The SMILES string of the molecule is CC(Oc1ccc(Oc2cncc(-c3ccc(F)c(F)c3)c2)cc1C#N)C1CCN(S(C)(=O)=O)CC1. The molecule has 3 aromatic rings. The fourth-order valence-electron chi connectivity index (χ4n) is 4.18. The highest BCUT2D eigenvalue weighted by atomic mass is 32.2. The maximum atomic E-state index is 13.6. The lowest BCUT2D eigenvalue weighted by Gasteiger charge is -2.33. The summed E-state index contributed by atoms with van der Waals surface area (Å²) in [7, 11) is -3.20. The van der Waals surface area contributed by atoms with Crippen molar-refractivity contribution in [2.75, 3.05) is 19.3 Å². The van der Waals surface area contributed by atoms with Gasteiger partial charge in [-0.25, -0.2) is 21.5 Å². The van der Waals surface area contributed by atoms with Gasteiger partial charge in [0.1, 0.15) is 23.3 Å². The number of nitrogens with zero attached hydrogens (tertiary/aromatic N) is 3. The van der Waals surface area contributed by atoms with Crippen LogP contribution in [0, 0.1) is 28.9 Å². The van der Waals surface area contributed by atoms with Crippen molar-refractivity contribution >= 4 is 10.0 Å². The molecule has 0 N–H and O–H groups in total. The Balaban J connectivity index is 1.44. The number of aromatic nitrogens is 1. The average molecular weight is 514 g/mol. The van der Waals surface area contributed by atoms with Crippen LogP contribution in [0.15, 0.2) is 54.9 Å². The lowest BCUT2D eigenvalue weighted by molar-refractivity contribution is 0.111. The van der Waals surface area contributed by atoms with Crippen LogP contribution in [0.5, 0.6) is 17.2 Å². The van der Waals surface area contributed by atoms with Gasteiger partial charge in [0.05, 0.1) is 24.1 Å². The number of piperidine rings is 1. The van der Waals surface area contributed by atoms with Crippen LogP contribution in [0.3, 0.4) is 0 Å². The van der Waals surface area contributed by atoms with Crippen LogP contribution in [0.4, 0.5) is 8.78 Å². The molecule has 2 aromatic carbocycles. The second-order valence-corrected chi connectivity index (χ2v) is 10.7. The fourth-order valence-corrected chi connectivity index (χ4v) is 5.05. The van der Waals surface area contributed by atoms with E-state index in [1.807, 2.05) is 6.92 Å². The molecule has 0 amide bonds. The normalized spacial score (nSPS) is 15.8. The summed E-state index contributed by atoms with van der Waals surface area (Å²) in [6.45, 7) is 2.82. The molecule has 1 unspecified atom stereocenters. The van der Waals surface area contributed by atoms with Crippen LogP contribution in [0.25, 0.3) is 11.1 Å². The number of hydrogen-bond acceptors (Lipinski definition) is 6. The Kier molecular flexibility index (Phi) is 7.52. The van der Waals surface area contributed by atoms with Crippen LogP contribution in [-0.2, 0) is 10.0 Å². The Morgan fingerprint density at radius 2 is 1.78 bits per heavy atom. The quantitative estimate of drug-likeness (QED) is 0.435. The van der Waals surface area contributed by atoms with E-state index in [0.717, 1.165) is 12.1 Å². The first kappa shape index (κ1) is 25.5. The van der Waals surface area contributed by atoms with Gasteiger partial charge in [0, 0.05) is 30.9 Å². The zero-order chi connectivity index (χ0) is 25.9. The summed E-state index contributed by atoms with van der Waals surface area (Å²) in [6.07, 6.45) is 5.36. The molecule has 36 heavy (non-hydrogen) atoms. The minimum Gasteiger partial charge on any atom is -0.489 e. The van der Waals surface area contributed by atoms with Crippen molar-refractivity contribution in [1.29, 1.82) is 5.26 Å². The monoisotopic (exact) mass is 513 g/mol. The first-order valence-electron chi connectivity index (χ1n) is 11.4. The van der Waals surface area contributed by atoms with Crippen molar-refractivity contribution in [3.8, 4) is 34.4 Å². The Morgan fingerprint density at radius 1 is 1.03 bits per heavy atom. The zero-order valence-corrected chi connectivity index (χ0v) is 20.6. The molecular formula is C26H25F2N3O4S.